The van der Waals surface area contributed by atoms with E-state index < -0.39 is 221 Å². The third-order valence-corrected chi connectivity index (χ3v) is 27.6. The molecule has 141 heavy (non-hydrogen) atoms. The number of imidazole rings is 2. The number of nitrogens with one attached hydrogen (secondary N) is 13. The predicted molar refractivity (Wildman–Crippen MR) is 512 cm³/mol. The van der Waals surface area contributed by atoms with Crippen LogP contribution in [0.4, 0.5) is 11.9 Å². The van der Waals surface area contributed by atoms with Crippen molar-refractivity contribution in [1.29, 1.82) is 0 Å². The minimum absolute atomic E-state index is 0.0152. The third kappa shape index (κ3) is 33.5. The van der Waals surface area contributed by atoms with Crippen LogP contribution in [0.2, 0.25) is 0 Å². The Balaban J connectivity index is 0.974. The molecule has 1 fully saturated rings. The van der Waals surface area contributed by atoms with Gasteiger partial charge in [0.25, 0.3) is 21.9 Å². The van der Waals surface area contributed by atoms with Gasteiger partial charge in [0.05, 0.1) is 85.0 Å². The maximum absolute atomic E-state index is 15.1. The molecule has 5 heterocycles. The Morgan fingerprint density at radius 1 is 0.454 bits per heavy atom. The lowest BCUT2D eigenvalue weighted by atomic mass is 10.1. The van der Waals surface area contributed by atoms with E-state index in [1.165, 1.54) is 80.6 Å². The minimum Gasteiger partial charge on any atom is -0.480 e. The number of carbonyl (C=O) groups excluding carboxylic acids is 10. The molecule has 1 aliphatic heterocycles. The first kappa shape index (κ1) is 111. The Kier molecular flexibility index (Phi) is 40.1. The molecule has 7 amide bonds. The monoisotopic (exact) mass is 2050 g/mol. The van der Waals surface area contributed by atoms with E-state index in [4.69, 9.17) is 14.2 Å². The molecule has 19 N–H and O–H groups in total. The first-order valence-corrected chi connectivity index (χ1v) is 50.2. The Labute approximate surface area is 811 Å². The molecule has 0 saturated carbocycles. The zero-order chi connectivity index (χ0) is 104. The number of carboxylic acid groups (broad SMARTS) is 2. The van der Waals surface area contributed by atoms with Crippen molar-refractivity contribution in [2.24, 2.45) is 0 Å². The number of hydrogen-bond acceptors (Lipinski definition) is 34. The van der Waals surface area contributed by atoms with Crippen LogP contribution < -0.4 is 68.2 Å². The minimum atomic E-state index is -5.32. The normalized spacial score (nSPS) is 14.6. The number of aromatic nitrogens is 6. The van der Waals surface area contributed by atoms with Crippen LogP contribution in [0, 0.1) is 41.5 Å². The van der Waals surface area contributed by atoms with E-state index in [1.807, 2.05) is 0 Å². The molecule has 0 aliphatic carbocycles. The number of H-pyrrole nitrogens is 2. The molecule has 5 atom stereocenters. The van der Waals surface area contributed by atoms with Gasteiger partial charge in [-0.1, -0.05) is 47.5 Å². The number of pyridine rings is 2. The summed E-state index contributed by atoms with van der Waals surface area (Å²) in [6.45, 7) is 5.55. The number of anilines is 2. The van der Waals surface area contributed by atoms with Crippen molar-refractivity contribution in [3.8, 4) is 0 Å². The topological polar surface area (TPSA) is 703 Å². The molecule has 0 unspecified atom stereocenters. The standard InChI is InChI=1S/C87H117N21O29S4/c1-51-33-53(3)77(54(4)34-51)140(131,132)101-64(84(121)122)41-94-79(116)61-43-107(68-37-57(11-13-59(68)75(61)114)39-96-86-90-18-19-91-86)23-10-17-88-81(118)66(49-138(125,126)127)99-70(109)16-15-63(98-71(110)45-103-25-27-104(46-72(111)135-7)29-31-106(48-74(113)137-9)32-30-105(28-26-103)47-73(112)136-8)83(120)100-67(50-139(128,129)130)82(119)89-22-24-108-44-62(76(115)60-14-12-58(38-69(60)108)40-97-87-92-20-21-93-87)80(117)95-42-65(85(123)124)102-141(133,134)78-55(5)35-52(2)36-56(78)6/h11-14,18-21,33-38,43-44,63-67,101-102,125-127H,10,15-17,22-32,39-42,45-50H2,1-9H3,(H,88,118)(H,89,119)(H,94,116)(H,95,117)(H,98,110)(H,99,109)(H,100,120)(H,121,122)(H,123,124)(H2,90,91,96)(H2,92,93,97)(H,128,129,130)/t63-,64-,65-,66-,67-/m0/s1. The number of aliphatic carboxylic acids is 2. The second kappa shape index (κ2) is 50.7. The second-order valence-electron chi connectivity index (χ2n) is 33.5. The first-order chi connectivity index (χ1) is 66.5. The summed E-state index contributed by atoms with van der Waals surface area (Å²) in [4.78, 5) is 214. The Morgan fingerprint density at radius 2 is 0.837 bits per heavy atom. The number of sulfonamides is 2. The van der Waals surface area contributed by atoms with Crippen LogP contribution in [0.1, 0.15) is 84.5 Å². The highest BCUT2D eigenvalue weighted by Gasteiger charge is 2.37. The van der Waals surface area contributed by atoms with Crippen LogP contribution in [0.5, 0.6) is 0 Å². The molecule has 54 heteroatoms. The van der Waals surface area contributed by atoms with E-state index in [0.717, 1.165) is 37.7 Å². The molecule has 8 aromatic rings. The fraction of sp³-hybridized carbons (Fsp3) is 0.448. The molecule has 768 valence electrons. The number of carboxylic acids is 2. The largest absolute Gasteiger partial charge is 0.480 e. The smallest absolute Gasteiger partial charge is 0.323 e. The van der Waals surface area contributed by atoms with E-state index >= 15 is 4.79 Å². The van der Waals surface area contributed by atoms with Crippen molar-refractivity contribution in [1.82, 2.24) is 95.3 Å². The van der Waals surface area contributed by atoms with Crippen molar-refractivity contribution in [3.05, 3.63) is 174 Å². The number of hydrogen-bond donors (Lipinski definition) is 19. The second-order valence-corrected chi connectivity index (χ2v) is 39.9. The van der Waals surface area contributed by atoms with Gasteiger partial charge in [0.15, 0.2) is 11.9 Å². The quantitative estimate of drug-likeness (QED) is 0.00900. The molecular formula is C87H117N21O29S4. The SMILES string of the molecule is COC(=O)CN1CCN(CC(=O)N[C@@H](CCC(=O)N[C@@H](CS(O)(O)O)C(=O)NCCCn2cc(C(=O)NC[C@H](NS(=O)(=O)c3c(C)cc(C)cc3C)C(=O)O)c(=O)c3ccc(CNc4ncc[nH]4)cc32)C(=O)N[C@@H](CS(=O)(=O)O)C(=O)NCCn2cc(C(=O)NC[C@H](NS(=O)(=O)c3c(C)cc(C)cc3C)C(=O)O)c(=O)c3ccc(CNc4ncc[nH]4)cc32)CCN(CC(=O)OC)CCN(CC(=O)OC)CC1. The van der Waals surface area contributed by atoms with Gasteiger partial charge in [0, 0.05) is 159 Å². The Hall–Kier alpha value is -13.2. The number of fused-ring (bicyclic) bond motifs is 2. The van der Waals surface area contributed by atoms with Crippen molar-refractivity contribution < 1.29 is 125 Å². The lowest BCUT2D eigenvalue weighted by Crippen LogP contribution is -2.57. The number of ether oxygens (including phenoxy) is 3. The van der Waals surface area contributed by atoms with Crippen molar-refractivity contribution in [2.75, 3.05) is 148 Å². The molecule has 0 spiro atoms. The van der Waals surface area contributed by atoms with E-state index in [1.54, 1.807) is 82.2 Å². The average molecular weight is 2050 g/mol. The number of methoxy groups -OCH3 is 3. The molecule has 0 bridgehead atoms. The number of esters is 3. The molecular weight excluding hydrogens is 1930 g/mol. The highest BCUT2D eigenvalue weighted by molar-refractivity contribution is 8.19. The summed E-state index contributed by atoms with van der Waals surface area (Å²) in [5.74, 6) is -15.9. The van der Waals surface area contributed by atoms with Gasteiger partial charge in [0.1, 0.15) is 47.1 Å². The van der Waals surface area contributed by atoms with Crippen LogP contribution in [-0.2, 0) is 118 Å². The summed E-state index contributed by atoms with van der Waals surface area (Å²) in [5.41, 5.74) is 1.18. The van der Waals surface area contributed by atoms with Crippen LogP contribution in [-0.4, -0.2) is 341 Å². The molecule has 1 aliphatic rings. The van der Waals surface area contributed by atoms with Crippen molar-refractivity contribution >= 4 is 146 Å². The summed E-state index contributed by atoms with van der Waals surface area (Å²) in [7, 11) is -15.6. The highest BCUT2D eigenvalue weighted by Crippen LogP contribution is 2.33. The van der Waals surface area contributed by atoms with E-state index in [0.29, 0.717) is 45.3 Å². The summed E-state index contributed by atoms with van der Waals surface area (Å²) < 4.78 is 145. The number of aryl methyl sites for hydroxylation is 7. The number of rotatable bonds is 48. The molecule has 4 aromatic heterocycles. The zero-order valence-corrected chi connectivity index (χ0v) is 81.9. The van der Waals surface area contributed by atoms with Gasteiger partial charge >= 0.3 is 29.8 Å². The van der Waals surface area contributed by atoms with E-state index in [9.17, 15) is 116 Å². The Bertz CT molecular complexity index is 6320. The van der Waals surface area contributed by atoms with Gasteiger partial charge in [-0.2, -0.15) is 17.9 Å². The van der Waals surface area contributed by atoms with Crippen LogP contribution >= 0.6 is 10.9 Å². The Morgan fingerprint density at radius 3 is 1.21 bits per heavy atom. The summed E-state index contributed by atoms with van der Waals surface area (Å²) in [6.07, 6.45) is 6.38. The van der Waals surface area contributed by atoms with Crippen LogP contribution in [0.15, 0.2) is 117 Å². The van der Waals surface area contributed by atoms with Gasteiger partial charge < -0.3 is 105 Å². The summed E-state index contributed by atoms with van der Waals surface area (Å²) >= 11 is 0. The number of nitrogens with zero attached hydrogens (tertiary/aromatic N) is 8. The maximum atomic E-state index is 15.1. The van der Waals surface area contributed by atoms with Gasteiger partial charge in [-0.15, -0.1) is 0 Å². The zero-order valence-electron chi connectivity index (χ0n) is 78.6. The fourth-order valence-corrected chi connectivity index (χ4v) is 20.4. The molecule has 9 rings (SSSR count). The number of aromatic amines is 2. The molecule has 1 saturated heterocycles. The van der Waals surface area contributed by atoms with E-state index in [2.05, 4.69) is 77.2 Å². The lowest BCUT2D eigenvalue weighted by Gasteiger charge is -2.33. The summed E-state index contributed by atoms with van der Waals surface area (Å²) in [6, 6.07) is 4.98. The number of carbonyl (C=O) groups is 12. The third-order valence-electron chi connectivity index (χ3n) is 22.5. The summed E-state index contributed by atoms with van der Waals surface area (Å²) in [5, 5.41) is 43.0. The van der Waals surface area contributed by atoms with Crippen LogP contribution in [0.25, 0.3) is 21.8 Å². The van der Waals surface area contributed by atoms with Gasteiger partial charge in [-0.25, -0.2) is 26.8 Å². The predicted octanol–water partition coefficient (Wildman–Crippen LogP) is -1.43. The maximum Gasteiger partial charge on any atom is 0.323 e. The number of amides is 7. The molecule has 50 nitrogen and oxygen atoms in total. The van der Waals surface area contributed by atoms with Gasteiger partial charge in [-0.05, 0) is 112 Å². The fourth-order valence-electron chi connectivity index (χ4n) is 15.8. The van der Waals surface area contributed by atoms with E-state index in [-0.39, 0.29) is 136 Å². The van der Waals surface area contributed by atoms with Gasteiger partial charge in [-0.3, -0.25) is 91.3 Å². The van der Waals surface area contributed by atoms with Crippen molar-refractivity contribution in [2.45, 2.75) is 127 Å². The van der Waals surface area contributed by atoms with Gasteiger partial charge in [0.2, 0.25) is 60.4 Å². The molecule has 4 aromatic carbocycles. The highest BCUT2D eigenvalue weighted by atomic mass is 32.3. The lowest BCUT2D eigenvalue weighted by molar-refractivity contribution is -0.144. The molecule has 0 radical (unpaired) electrons. The first-order valence-electron chi connectivity index (χ1n) is 44.0. The average Bonchev–Trinajstić information content (AvgIpc) is 1.05. The van der Waals surface area contributed by atoms with Crippen LogP contribution in [0.3, 0.4) is 0 Å². The number of benzene rings is 4. The van der Waals surface area contributed by atoms with Crippen molar-refractivity contribution in [3.63, 3.8) is 0 Å².